The Morgan fingerprint density at radius 3 is 2.76 bits per heavy atom. The zero-order valence-corrected chi connectivity index (χ0v) is 13.5. The minimum Gasteiger partial charge on any atom is -0.366 e. The van der Waals surface area contributed by atoms with Gasteiger partial charge in [0.15, 0.2) is 0 Å². The number of alkyl halides is 1. The first-order valence-corrected chi connectivity index (χ1v) is 8.45. The third kappa shape index (κ3) is 3.04. The summed E-state index contributed by atoms with van der Waals surface area (Å²) in [6.45, 7) is 4.06. The SMILES string of the molecule is CCN(Cc1cccs1)c1cc(CCl)nc2ccccc12. The van der Waals surface area contributed by atoms with E-state index in [-0.39, 0.29) is 0 Å². The van der Waals surface area contributed by atoms with Gasteiger partial charge in [-0.1, -0.05) is 24.3 Å². The van der Waals surface area contributed by atoms with E-state index in [2.05, 4.69) is 52.5 Å². The standard InChI is InChI=1S/C17H17ClN2S/c1-2-20(12-14-6-5-9-21-14)17-10-13(11-18)19-16-8-4-3-7-15(16)17/h3-10H,2,11-12H2,1H3. The highest BCUT2D eigenvalue weighted by atomic mass is 35.5. The zero-order chi connectivity index (χ0) is 14.7. The highest BCUT2D eigenvalue weighted by Crippen LogP contribution is 2.29. The van der Waals surface area contributed by atoms with Crippen molar-refractivity contribution in [1.29, 1.82) is 0 Å². The number of aromatic nitrogens is 1. The minimum absolute atomic E-state index is 0.439. The smallest absolute Gasteiger partial charge is 0.0726 e. The van der Waals surface area contributed by atoms with E-state index in [1.54, 1.807) is 11.3 Å². The van der Waals surface area contributed by atoms with Gasteiger partial charge in [0.2, 0.25) is 0 Å². The Bertz CT molecular complexity index is 725. The van der Waals surface area contributed by atoms with Gasteiger partial charge in [0, 0.05) is 22.5 Å². The molecule has 2 aromatic heterocycles. The van der Waals surface area contributed by atoms with Crippen LogP contribution in [-0.4, -0.2) is 11.5 Å². The lowest BCUT2D eigenvalue weighted by molar-refractivity contribution is 0.844. The number of anilines is 1. The normalized spacial score (nSPS) is 11.0. The molecule has 0 saturated heterocycles. The van der Waals surface area contributed by atoms with Crippen LogP contribution in [-0.2, 0) is 12.4 Å². The second-order valence-corrected chi connectivity index (χ2v) is 6.18. The molecule has 0 N–H and O–H groups in total. The monoisotopic (exact) mass is 316 g/mol. The minimum atomic E-state index is 0.439. The molecule has 2 heterocycles. The van der Waals surface area contributed by atoms with Gasteiger partial charge >= 0.3 is 0 Å². The van der Waals surface area contributed by atoms with E-state index in [4.69, 9.17) is 11.6 Å². The van der Waals surface area contributed by atoms with E-state index in [1.165, 1.54) is 16.0 Å². The van der Waals surface area contributed by atoms with E-state index in [9.17, 15) is 0 Å². The van der Waals surface area contributed by atoms with Crippen LogP contribution in [0.3, 0.4) is 0 Å². The quantitative estimate of drug-likeness (QED) is 0.611. The predicted molar refractivity (Wildman–Crippen MR) is 92.3 cm³/mol. The molecular weight excluding hydrogens is 300 g/mol. The molecule has 0 amide bonds. The Labute approximate surface area is 134 Å². The number of nitrogens with zero attached hydrogens (tertiary/aromatic N) is 2. The van der Waals surface area contributed by atoms with Gasteiger partial charge in [-0.3, -0.25) is 4.98 Å². The van der Waals surface area contributed by atoms with Crippen molar-refractivity contribution < 1.29 is 0 Å². The van der Waals surface area contributed by atoms with Crippen LogP contribution in [0.2, 0.25) is 0 Å². The van der Waals surface area contributed by atoms with Crippen molar-refractivity contribution in [3.63, 3.8) is 0 Å². The van der Waals surface area contributed by atoms with Crippen molar-refractivity contribution in [2.45, 2.75) is 19.3 Å². The molecule has 3 aromatic rings. The first-order valence-electron chi connectivity index (χ1n) is 7.03. The molecule has 0 unspecified atom stereocenters. The number of benzene rings is 1. The third-order valence-corrected chi connectivity index (χ3v) is 4.67. The number of hydrogen-bond acceptors (Lipinski definition) is 3. The summed E-state index contributed by atoms with van der Waals surface area (Å²) in [7, 11) is 0. The zero-order valence-electron chi connectivity index (χ0n) is 11.9. The van der Waals surface area contributed by atoms with Crippen LogP contribution in [0.5, 0.6) is 0 Å². The number of fused-ring (bicyclic) bond motifs is 1. The Hall–Kier alpha value is -1.58. The average Bonchev–Trinajstić information content (AvgIpc) is 3.04. The molecule has 3 rings (SSSR count). The number of thiophene rings is 1. The fraction of sp³-hybridized carbons (Fsp3) is 0.235. The van der Waals surface area contributed by atoms with Gasteiger partial charge in [-0.15, -0.1) is 22.9 Å². The molecule has 2 nitrogen and oxygen atoms in total. The lowest BCUT2D eigenvalue weighted by atomic mass is 10.1. The van der Waals surface area contributed by atoms with E-state index in [0.29, 0.717) is 5.88 Å². The molecular formula is C17H17ClN2S. The average molecular weight is 317 g/mol. The van der Waals surface area contributed by atoms with Crippen molar-refractivity contribution in [3.05, 3.63) is 58.4 Å². The van der Waals surface area contributed by atoms with Crippen molar-refractivity contribution in [2.75, 3.05) is 11.4 Å². The second-order valence-electron chi connectivity index (χ2n) is 4.88. The lowest BCUT2D eigenvalue weighted by Gasteiger charge is -2.24. The van der Waals surface area contributed by atoms with Crippen LogP contribution in [0.1, 0.15) is 17.5 Å². The number of rotatable bonds is 5. The molecule has 0 bridgehead atoms. The summed E-state index contributed by atoms with van der Waals surface area (Å²) < 4.78 is 0. The van der Waals surface area contributed by atoms with Crippen LogP contribution in [0.4, 0.5) is 5.69 Å². The van der Waals surface area contributed by atoms with Crippen molar-refractivity contribution in [2.24, 2.45) is 0 Å². The number of hydrogen-bond donors (Lipinski definition) is 0. The molecule has 0 aliphatic rings. The van der Waals surface area contributed by atoms with E-state index < -0.39 is 0 Å². The van der Waals surface area contributed by atoms with Gasteiger partial charge < -0.3 is 4.90 Å². The van der Waals surface area contributed by atoms with Crippen LogP contribution < -0.4 is 4.90 Å². The molecule has 1 aromatic carbocycles. The summed E-state index contributed by atoms with van der Waals surface area (Å²) in [6.07, 6.45) is 0. The van der Waals surface area contributed by atoms with Crippen LogP contribution in [0.15, 0.2) is 47.8 Å². The van der Waals surface area contributed by atoms with E-state index in [0.717, 1.165) is 24.3 Å². The van der Waals surface area contributed by atoms with Gasteiger partial charge in [-0.25, -0.2) is 0 Å². The van der Waals surface area contributed by atoms with Gasteiger partial charge in [0.25, 0.3) is 0 Å². The van der Waals surface area contributed by atoms with Crippen LogP contribution in [0.25, 0.3) is 10.9 Å². The van der Waals surface area contributed by atoms with Crippen molar-refractivity contribution in [1.82, 2.24) is 4.98 Å². The molecule has 4 heteroatoms. The summed E-state index contributed by atoms with van der Waals surface area (Å²) in [6, 6.07) is 14.7. The summed E-state index contributed by atoms with van der Waals surface area (Å²) in [4.78, 5) is 8.36. The second kappa shape index (κ2) is 6.46. The van der Waals surface area contributed by atoms with Gasteiger partial charge in [0.1, 0.15) is 0 Å². The molecule has 0 aliphatic carbocycles. The number of para-hydroxylation sites is 1. The molecule has 0 atom stereocenters. The molecule has 0 fully saturated rings. The maximum absolute atomic E-state index is 6.01. The van der Waals surface area contributed by atoms with Crippen molar-refractivity contribution >= 4 is 39.5 Å². The maximum atomic E-state index is 6.01. The Kier molecular flexibility index (Phi) is 4.42. The largest absolute Gasteiger partial charge is 0.366 e. The Morgan fingerprint density at radius 2 is 2.05 bits per heavy atom. The summed E-state index contributed by atoms with van der Waals surface area (Å²) in [5, 5.41) is 3.31. The molecule has 0 aliphatic heterocycles. The van der Waals surface area contributed by atoms with Crippen molar-refractivity contribution in [3.8, 4) is 0 Å². The summed E-state index contributed by atoms with van der Waals surface area (Å²) >= 11 is 7.80. The topological polar surface area (TPSA) is 16.1 Å². The first kappa shape index (κ1) is 14.4. The van der Waals surface area contributed by atoms with E-state index in [1.807, 2.05) is 12.1 Å². The lowest BCUT2D eigenvalue weighted by Crippen LogP contribution is -2.22. The first-order chi connectivity index (χ1) is 10.3. The molecule has 21 heavy (non-hydrogen) atoms. The predicted octanol–water partition coefficient (Wildman–Crippen LogP) is 5.06. The fourth-order valence-corrected chi connectivity index (χ4v) is 3.35. The highest BCUT2D eigenvalue weighted by molar-refractivity contribution is 7.09. The third-order valence-electron chi connectivity index (χ3n) is 3.53. The van der Waals surface area contributed by atoms with Gasteiger partial charge in [0.05, 0.1) is 23.6 Å². The number of halogens is 1. The molecule has 108 valence electrons. The Balaban J connectivity index is 2.07. The molecule has 0 spiro atoms. The molecule has 0 saturated carbocycles. The van der Waals surface area contributed by atoms with Gasteiger partial charge in [-0.2, -0.15) is 0 Å². The summed E-state index contributed by atoms with van der Waals surface area (Å²) in [5.41, 5.74) is 3.15. The highest BCUT2D eigenvalue weighted by Gasteiger charge is 2.12. The van der Waals surface area contributed by atoms with Crippen LogP contribution >= 0.6 is 22.9 Å². The van der Waals surface area contributed by atoms with Crippen LogP contribution in [0, 0.1) is 0 Å². The maximum Gasteiger partial charge on any atom is 0.0726 e. The summed E-state index contributed by atoms with van der Waals surface area (Å²) in [5.74, 6) is 0.439. The van der Waals surface area contributed by atoms with Gasteiger partial charge in [-0.05, 0) is 30.5 Å². The van der Waals surface area contributed by atoms with E-state index >= 15 is 0 Å². The number of pyridine rings is 1. The fourth-order valence-electron chi connectivity index (χ4n) is 2.50. The Morgan fingerprint density at radius 1 is 1.19 bits per heavy atom. The molecule has 0 radical (unpaired) electrons.